The molecule has 2 aromatic rings. The first kappa shape index (κ1) is 23.8. The fourth-order valence-corrected chi connectivity index (χ4v) is 2.90. The van der Waals surface area contributed by atoms with Crippen molar-refractivity contribution in [3.63, 3.8) is 0 Å². The second kappa shape index (κ2) is 11.6. The molecule has 2 aromatic carbocycles. The first-order valence-corrected chi connectivity index (χ1v) is 10.2. The summed E-state index contributed by atoms with van der Waals surface area (Å²) < 4.78 is 5.76. The van der Waals surface area contributed by atoms with Crippen molar-refractivity contribution in [2.24, 2.45) is 11.0 Å². The molecule has 2 rings (SSSR count). The number of benzene rings is 2. The summed E-state index contributed by atoms with van der Waals surface area (Å²) in [6.45, 7) is 6.89. The Morgan fingerprint density at radius 1 is 1.03 bits per heavy atom. The largest absolute Gasteiger partial charge is 0.494 e. The number of ether oxygens (including phenoxy) is 1. The van der Waals surface area contributed by atoms with Crippen LogP contribution in [0, 0.1) is 26.1 Å². The molecule has 0 spiro atoms. The lowest BCUT2D eigenvalue weighted by Crippen LogP contribution is -2.03. The fraction of sp³-hybridized carbons (Fsp3) is 0.409. The number of unbranched alkanes of at least 4 members (excludes halogenated alkanes) is 2. The van der Waals surface area contributed by atoms with Gasteiger partial charge in [0.05, 0.1) is 28.2 Å². The summed E-state index contributed by atoms with van der Waals surface area (Å²) >= 11 is 0. The first-order valence-electron chi connectivity index (χ1n) is 10.2. The van der Waals surface area contributed by atoms with Gasteiger partial charge in [0.2, 0.25) is 0 Å². The molecule has 0 aliphatic rings. The van der Waals surface area contributed by atoms with Gasteiger partial charge in [0.1, 0.15) is 11.4 Å². The van der Waals surface area contributed by atoms with Gasteiger partial charge in [0.15, 0.2) is 0 Å². The molecule has 0 saturated heterocycles. The summed E-state index contributed by atoms with van der Waals surface area (Å²) in [4.78, 5) is 20.7. The van der Waals surface area contributed by atoms with E-state index in [9.17, 15) is 20.2 Å². The number of nitro benzene ring substituents is 2. The van der Waals surface area contributed by atoms with Gasteiger partial charge in [0.25, 0.3) is 5.69 Å². The van der Waals surface area contributed by atoms with Crippen LogP contribution in [0.25, 0.3) is 0 Å². The van der Waals surface area contributed by atoms with Crippen molar-refractivity contribution in [1.29, 1.82) is 0 Å². The third-order valence-corrected chi connectivity index (χ3v) is 4.70. The maximum Gasteiger partial charge on any atom is 0.301 e. The molecule has 0 saturated carbocycles. The molecule has 166 valence electrons. The van der Waals surface area contributed by atoms with Crippen LogP contribution in [0.1, 0.15) is 52.0 Å². The average molecular weight is 428 g/mol. The van der Waals surface area contributed by atoms with E-state index < -0.39 is 15.5 Å². The Morgan fingerprint density at radius 2 is 1.74 bits per heavy atom. The number of nitrogens with one attached hydrogen (secondary N) is 1. The SMILES string of the molecule is C/C(=N\Nc1ccc([N+](=O)[O-])cc1[N+](=O)[O-])c1ccc(OCCCCCC(C)C)cc1. The predicted octanol–water partition coefficient (Wildman–Crippen LogP) is 5.93. The smallest absolute Gasteiger partial charge is 0.301 e. The quantitative estimate of drug-likeness (QED) is 0.193. The van der Waals surface area contributed by atoms with Crippen molar-refractivity contribution in [2.45, 2.75) is 46.5 Å². The van der Waals surface area contributed by atoms with E-state index in [1.807, 2.05) is 24.3 Å². The number of hydrogen-bond donors (Lipinski definition) is 1. The van der Waals surface area contributed by atoms with E-state index in [0.29, 0.717) is 12.3 Å². The van der Waals surface area contributed by atoms with Crippen molar-refractivity contribution in [1.82, 2.24) is 0 Å². The molecule has 0 fully saturated rings. The lowest BCUT2D eigenvalue weighted by molar-refractivity contribution is -0.393. The van der Waals surface area contributed by atoms with Gasteiger partial charge in [-0.05, 0) is 55.2 Å². The van der Waals surface area contributed by atoms with E-state index in [-0.39, 0.29) is 11.4 Å². The average Bonchev–Trinajstić information content (AvgIpc) is 2.74. The van der Waals surface area contributed by atoms with Crippen molar-refractivity contribution < 1.29 is 14.6 Å². The van der Waals surface area contributed by atoms with Crippen LogP contribution in [0.2, 0.25) is 0 Å². The molecule has 0 amide bonds. The van der Waals surface area contributed by atoms with Crippen molar-refractivity contribution in [3.05, 3.63) is 68.3 Å². The lowest BCUT2D eigenvalue weighted by atomic mass is 10.1. The Morgan fingerprint density at radius 3 is 2.35 bits per heavy atom. The Bertz CT molecular complexity index is 926. The number of rotatable bonds is 12. The van der Waals surface area contributed by atoms with Crippen LogP contribution in [0.15, 0.2) is 47.6 Å². The van der Waals surface area contributed by atoms with Gasteiger partial charge < -0.3 is 4.74 Å². The van der Waals surface area contributed by atoms with Crippen molar-refractivity contribution in [2.75, 3.05) is 12.0 Å². The van der Waals surface area contributed by atoms with Crippen LogP contribution in [-0.4, -0.2) is 22.2 Å². The number of anilines is 1. The minimum Gasteiger partial charge on any atom is -0.494 e. The van der Waals surface area contributed by atoms with Gasteiger partial charge in [-0.1, -0.05) is 33.1 Å². The Hall–Kier alpha value is -3.49. The molecule has 0 bridgehead atoms. The highest BCUT2D eigenvalue weighted by Crippen LogP contribution is 2.29. The van der Waals surface area contributed by atoms with E-state index in [1.54, 1.807) is 6.92 Å². The third-order valence-electron chi connectivity index (χ3n) is 4.70. The molecule has 0 heterocycles. The molecule has 0 atom stereocenters. The Balaban J connectivity index is 1.94. The van der Waals surface area contributed by atoms with Gasteiger partial charge >= 0.3 is 5.69 Å². The topological polar surface area (TPSA) is 120 Å². The molecule has 1 N–H and O–H groups in total. The number of hydrogen-bond acceptors (Lipinski definition) is 7. The molecular formula is C22H28N4O5. The molecule has 0 aromatic heterocycles. The van der Waals surface area contributed by atoms with Crippen LogP contribution in [0.3, 0.4) is 0 Å². The highest BCUT2D eigenvalue weighted by Gasteiger charge is 2.19. The minimum atomic E-state index is -0.685. The summed E-state index contributed by atoms with van der Waals surface area (Å²) in [6, 6.07) is 10.8. The van der Waals surface area contributed by atoms with Gasteiger partial charge in [-0.2, -0.15) is 5.10 Å². The standard InChI is InChI=1S/C22H28N4O5/c1-16(2)7-5-4-6-14-31-20-11-8-18(9-12-20)17(3)23-24-21-13-10-19(25(27)28)15-22(21)26(29)30/h8-13,15-16,24H,4-7,14H2,1-3H3/b23-17+. The summed E-state index contributed by atoms with van der Waals surface area (Å²) in [5, 5.41) is 26.2. The normalized spacial score (nSPS) is 11.4. The maximum atomic E-state index is 11.2. The minimum absolute atomic E-state index is 0.0763. The second-order valence-electron chi connectivity index (χ2n) is 7.64. The number of nitrogens with zero attached hydrogens (tertiary/aromatic N) is 3. The van der Waals surface area contributed by atoms with Crippen LogP contribution in [-0.2, 0) is 0 Å². The maximum absolute atomic E-state index is 11.2. The zero-order valence-electron chi connectivity index (χ0n) is 18.0. The molecule has 0 unspecified atom stereocenters. The van der Waals surface area contributed by atoms with E-state index in [0.717, 1.165) is 36.1 Å². The van der Waals surface area contributed by atoms with Crippen LogP contribution >= 0.6 is 0 Å². The first-order chi connectivity index (χ1) is 14.8. The Kier molecular flexibility index (Phi) is 8.93. The van der Waals surface area contributed by atoms with Gasteiger partial charge in [-0.25, -0.2) is 0 Å². The van der Waals surface area contributed by atoms with Crippen LogP contribution < -0.4 is 10.2 Å². The molecule has 31 heavy (non-hydrogen) atoms. The summed E-state index contributed by atoms with van der Waals surface area (Å²) in [5.41, 5.74) is 3.36. The molecule has 0 aliphatic carbocycles. The van der Waals surface area contributed by atoms with Crippen LogP contribution in [0.5, 0.6) is 5.75 Å². The Labute approximate surface area is 181 Å². The summed E-state index contributed by atoms with van der Waals surface area (Å²) in [7, 11) is 0. The van der Waals surface area contributed by atoms with Gasteiger partial charge in [0, 0.05) is 6.07 Å². The second-order valence-corrected chi connectivity index (χ2v) is 7.64. The van der Waals surface area contributed by atoms with Crippen molar-refractivity contribution in [3.8, 4) is 5.75 Å². The fourth-order valence-electron chi connectivity index (χ4n) is 2.90. The number of hydrazone groups is 1. The zero-order chi connectivity index (χ0) is 22.8. The van der Waals surface area contributed by atoms with E-state index in [2.05, 4.69) is 24.4 Å². The van der Waals surface area contributed by atoms with Crippen LogP contribution in [0.4, 0.5) is 17.1 Å². The third kappa shape index (κ3) is 7.69. The lowest BCUT2D eigenvalue weighted by Gasteiger charge is -2.08. The highest BCUT2D eigenvalue weighted by atomic mass is 16.6. The summed E-state index contributed by atoms with van der Waals surface area (Å²) in [6.07, 6.45) is 4.63. The molecule has 0 aliphatic heterocycles. The van der Waals surface area contributed by atoms with Crippen molar-refractivity contribution >= 4 is 22.8 Å². The van der Waals surface area contributed by atoms with Gasteiger partial charge in [-0.3, -0.25) is 25.7 Å². The van der Waals surface area contributed by atoms with E-state index in [4.69, 9.17) is 4.74 Å². The van der Waals surface area contributed by atoms with E-state index >= 15 is 0 Å². The van der Waals surface area contributed by atoms with E-state index in [1.165, 1.54) is 25.0 Å². The van der Waals surface area contributed by atoms with Gasteiger partial charge in [-0.15, -0.1) is 0 Å². The molecule has 9 nitrogen and oxygen atoms in total. The monoisotopic (exact) mass is 428 g/mol. The highest BCUT2D eigenvalue weighted by molar-refractivity contribution is 5.99. The molecular weight excluding hydrogens is 400 g/mol. The zero-order valence-corrected chi connectivity index (χ0v) is 18.0. The molecule has 9 heteroatoms. The molecule has 0 radical (unpaired) electrons. The summed E-state index contributed by atoms with van der Waals surface area (Å²) in [5.74, 6) is 1.51. The number of nitro groups is 2. The number of non-ortho nitro benzene ring substituents is 1. The predicted molar refractivity (Wildman–Crippen MR) is 121 cm³/mol.